The monoisotopic (exact) mass is 613 g/mol. The molecule has 1 aliphatic heterocycles. The van der Waals surface area contributed by atoms with Gasteiger partial charge in [0, 0.05) is 25.3 Å². The maximum atomic E-state index is 13.2. The zero-order valence-electron chi connectivity index (χ0n) is 23.5. The zero-order chi connectivity index (χ0) is 28.7. The number of hydrogen-bond donors (Lipinski definition) is 2. The van der Waals surface area contributed by atoms with Crippen molar-refractivity contribution in [2.24, 2.45) is 5.92 Å². The van der Waals surface area contributed by atoms with Gasteiger partial charge in [-0.05, 0) is 102 Å². The van der Waals surface area contributed by atoms with E-state index in [0.29, 0.717) is 31.2 Å². The summed E-state index contributed by atoms with van der Waals surface area (Å²) in [5, 5.41) is 8.12. The standard InChI is InChI=1S/C28H34BrN5O2S.C2H6/c1-19-13-24(30)16-25(14-19)37(35,36)33-11-9-23(10-12-33)17-31-28(34-22(4)27(29)18-32-34)15-21(3)26-8-6-5-7-20(26)2;1-2/h5-8,13-16,18,23,31H,3,9-12,17,30H2,1-2,4H3;1-2H3/b28-15-;. The van der Waals surface area contributed by atoms with Gasteiger partial charge in [-0.25, -0.2) is 13.1 Å². The Bertz CT molecular complexity index is 1420. The number of hydrogen-bond acceptors (Lipinski definition) is 5. The Morgan fingerprint density at radius 1 is 1.15 bits per heavy atom. The molecule has 3 N–H and O–H groups in total. The third-order valence-electron chi connectivity index (χ3n) is 6.84. The molecule has 2 aromatic carbocycles. The second-order valence-electron chi connectivity index (χ2n) is 9.67. The summed E-state index contributed by atoms with van der Waals surface area (Å²) < 4.78 is 30.8. The molecule has 210 valence electrons. The maximum absolute atomic E-state index is 13.2. The third-order valence-corrected chi connectivity index (χ3v) is 9.49. The Morgan fingerprint density at radius 3 is 2.41 bits per heavy atom. The van der Waals surface area contributed by atoms with Gasteiger partial charge >= 0.3 is 0 Å². The van der Waals surface area contributed by atoms with Gasteiger partial charge in [0.15, 0.2) is 0 Å². The predicted octanol–water partition coefficient (Wildman–Crippen LogP) is 6.38. The Hall–Kier alpha value is -2.88. The van der Waals surface area contributed by atoms with Gasteiger partial charge < -0.3 is 11.1 Å². The molecule has 1 fully saturated rings. The first-order valence-corrected chi connectivity index (χ1v) is 15.6. The largest absolute Gasteiger partial charge is 0.399 e. The van der Waals surface area contributed by atoms with Crippen LogP contribution >= 0.6 is 15.9 Å². The van der Waals surface area contributed by atoms with Crippen LogP contribution in [0.5, 0.6) is 0 Å². The van der Waals surface area contributed by atoms with Crippen molar-refractivity contribution in [2.75, 3.05) is 25.4 Å². The first kappa shape index (κ1) is 30.7. The molecule has 3 aromatic rings. The van der Waals surface area contributed by atoms with Crippen molar-refractivity contribution in [1.82, 2.24) is 19.4 Å². The predicted molar refractivity (Wildman–Crippen MR) is 166 cm³/mol. The zero-order valence-corrected chi connectivity index (χ0v) is 25.9. The first-order chi connectivity index (χ1) is 18.6. The summed E-state index contributed by atoms with van der Waals surface area (Å²) >= 11 is 3.56. The number of benzene rings is 2. The summed E-state index contributed by atoms with van der Waals surface area (Å²) in [6.45, 7) is 15.9. The topological polar surface area (TPSA) is 93.3 Å². The van der Waals surface area contributed by atoms with Crippen LogP contribution < -0.4 is 11.1 Å². The van der Waals surface area contributed by atoms with E-state index in [0.717, 1.165) is 51.1 Å². The van der Waals surface area contributed by atoms with Crippen LogP contribution in [0.4, 0.5) is 5.69 Å². The van der Waals surface area contributed by atoms with E-state index in [1.165, 1.54) is 0 Å². The molecule has 0 saturated carbocycles. The molecule has 1 aromatic heterocycles. The number of aromatic nitrogens is 2. The number of nitrogens with zero attached hydrogens (tertiary/aromatic N) is 3. The second kappa shape index (κ2) is 13.5. The van der Waals surface area contributed by atoms with Gasteiger partial charge in [-0.3, -0.25) is 0 Å². The van der Waals surface area contributed by atoms with E-state index < -0.39 is 10.0 Å². The number of allylic oxidation sites excluding steroid dienone is 2. The number of nitrogens with one attached hydrogen (secondary N) is 1. The molecule has 0 amide bonds. The Labute approximate surface area is 242 Å². The molecule has 2 heterocycles. The van der Waals surface area contributed by atoms with Crippen LogP contribution in [0.1, 0.15) is 49.1 Å². The first-order valence-electron chi connectivity index (χ1n) is 13.3. The van der Waals surface area contributed by atoms with E-state index in [1.807, 2.05) is 50.6 Å². The molecule has 0 spiro atoms. The Morgan fingerprint density at radius 2 is 1.82 bits per heavy atom. The molecular formula is C30H40BrN5O2S. The molecule has 0 radical (unpaired) electrons. The summed E-state index contributed by atoms with van der Waals surface area (Å²) in [6.07, 6.45) is 5.34. The number of nitrogen functional groups attached to an aromatic ring is 1. The number of nitrogens with two attached hydrogens (primary N) is 1. The number of aryl methyl sites for hydroxylation is 2. The summed E-state index contributed by atoms with van der Waals surface area (Å²) in [4.78, 5) is 0.265. The number of anilines is 1. The van der Waals surface area contributed by atoms with Crippen LogP contribution in [0.2, 0.25) is 0 Å². The molecular weight excluding hydrogens is 574 g/mol. The second-order valence-corrected chi connectivity index (χ2v) is 12.5. The molecule has 7 nitrogen and oxygen atoms in total. The highest BCUT2D eigenvalue weighted by molar-refractivity contribution is 9.10. The minimum absolute atomic E-state index is 0.265. The van der Waals surface area contributed by atoms with Gasteiger partial charge in [0.25, 0.3) is 0 Å². The van der Waals surface area contributed by atoms with Crippen molar-refractivity contribution < 1.29 is 8.42 Å². The van der Waals surface area contributed by atoms with E-state index in [9.17, 15) is 8.42 Å². The summed E-state index contributed by atoms with van der Waals surface area (Å²) in [6, 6.07) is 13.2. The van der Waals surface area contributed by atoms with Crippen molar-refractivity contribution >= 4 is 43.0 Å². The van der Waals surface area contributed by atoms with E-state index >= 15 is 0 Å². The minimum atomic E-state index is -3.57. The Kier molecular flexibility index (Phi) is 10.6. The summed E-state index contributed by atoms with van der Waals surface area (Å²) in [7, 11) is -3.57. The normalized spacial score (nSPS) is 15.0. The van der Waals surface area contributed by atoms with E-state index in [-0.39, 0.29) is 4.90 Å². The van der Waals surface area contributed by atoms with Crippen molar-refractivity contribution in [1.29, 1.82) is 0 Å². The fourth-order valence-electron chi connectivity index (χ4n) is 4.67. The van der Waals surface area contributed by atoms with Crippen LogP contribution in [0.3, 0.4) is 0 Å². The molecule has 4 rings (SSSR count). The minimum Gasteiger partial charge on any atom is -0.399 e. The van der Waals surface area contributed by atoms with Crippen LogP contribution in [0.25, 0.3) is 11.4 Å². The third kappa shape index (κ3) is 7.41. The number of piperidine rings is 1. The van der Waals surface area contributed by atoms with Crippen LogP contribution in [0, 0.1) is 26.7 Å². The van der Waals surface area contributed by atoms with Gasteiger partial charge in [0.2, 0.25) is 10.0 Å². The smallest absolute Gasteiger partial charge is 0.243 e. The number of sulfonamides is 1. The average Bonchev–Trinajstić information content (AvgIpc) is 3.25. The highest BCUT2D eigenvalue weighted by atomic mass is 79.9. The van der Waals surface area contributed by atoms with Crippen LogP contribution in [-0.4, -0.2) is 42.1 Å². The van der Waals surface area contributed by atoms with Gasteiger partial charge in [0.1, 0.15) is 5.82 Å². The number of halogens is 1. The van der Waals surface area contributed by atoms with Crippen molar-refractivity contribution in [2.45, 2.75) is 52.4 Å². The van der Waals surface area contributed by atoms with Gasteiger partial charge in [-0.2, -0.15) is 9.40 Å². The molecule has 0 atom stereocenters. The molecule has 0 unspecified atom stereocenters. The van der Waals surface area contributed by atoms with Gasteiger partial charge in [-0.15, -0.1) is 0 Å². The fourth-order valence-corrected chi connectivity index (χ4v) is 6.54. The molecule has 0 bridgehead atoms. The lowest BCUT2D eigenvalue weighted by Crippen LogP contribution is -2.40. The van der Waals surface area contributed by atoms with Crippen molar-refractivity contribution in [3.05, 3.63) is 88.2 Å². The quantitative estimate of drug-likeness (QED) is 0.227. The van der Waals surface area contributed by atoms with Crippen molar-refractivity contribution in [3.8, 4) is 0 Å². The maximum Gasteiger partial charge on any atom is 0.243 e. The summed E-state index contributed by atoms with van der Waals surface area (Å²) in [5.74, 6) is 1.16. The molecule has 0 aliphatic carbocycles. The van der Waals surface area contributed by atoms with Gasteiger partial charge in [-0.1, -0.05) is 44.7 Å². The molecule has 39 heavy (non-hydrogen) atoms. The van der Waals surface area contributed by atoms with Crippen LogP contribution in [0.15, 0.2) is 70.7 Å². The lowest BCUT2D eigenvalue weighted by molar-refractivity contribution is 0.272. The SMILES string of the molecule is C=C(/C=C(/NCC1CCN(S(=O)(=O)c2cc(C)cc(N)c2)CC1)n1ncc(Br)c1C)c1ccccc1C.CC. The number of rotatable bonds is 8. The van der Waals surface area contributed by atoms with Crippen LogP contribution in [-0.2, 0) is 10.0 Å². The van der Waals surface area contributed by atoms with E-state index in [4.69, 9.17) is 5.73 Å². The molecule has 9 heteroatoms. The van der Waals surface area contributed by atoms with E-state index in [1.54, 1.807) is 28.7 Å². The lowest BCUT2D eigenvalue weighted by Gasteiger charge is -2.32. The summed E-state index contributed by atoms with van der Waals surface area (Å²) in [5.41, 5.74) is 11.3. The highest BCUT2D eigenvalue weighted by Gasteiger charge is 2.30. The molecule has 1 saturated heterocycles. The molecule has 1 aliphatic rings. The van der Waals surface area contributed by atoms with Crippen molar-refractivity contribution in [3.63, 3.8) is 0 Å². The fraction of sp³-hybridized carbons (Fsp3) is 0.367. The lowest BCUT2D eigenvalue weighted by atomic mass is 9.98. The Balaban J connectivity index is 0.00000205. The van der Waals surface area contributed by atoms with E-state index in [2.05, 4.69) is 52.0 Å². The van der Waals surface area contributed by atoms with Gasteiger partial charge in [0.05, 0.1) is 21.3 Å². The average molecular weight is 615 g/mol. The highest BCUT2D eigenvalue weighted by Crippen LogP contribution is 2.27.